The highest BCUT2D eigenvalue weighted by Gasteiger charge is 2.25. The smallest absolute Gasteiger partial charge is 0.170 e. The van der Waals surface area contributed by atoms with Crippen LogP contribution in [0.1, 0.15) is 31.4 Å². The highest BCUT2D eigenvalue weighted by molar-refractivity contribution is 5.96. The lowest BCUT2D eigenvalue weighted by Gasteiger charge is -2.21. The van der Waals surface area contributed by atoms with E-state index < -0.39 is 0 Å². The summed E-state index contributed by atoms with van der Waals surface area (Å²) in [6, 6.07) is 8.54. The van der Waals surface area contributed by atoms with E-state index in [1.807, 2.05) is 24.3 Å². The summed E-state index contributed by atoms with van der Waals surface area (Å²) in [5.74, 6) is 0.946. The molecular formula is C14H21N3O. The van der Waals surface area contributed by atoms with Crippen molar-refractivity contribution >= 4 is 5.84 Å². The van der Waals surface area contributed by atoms with E-state index >= 15 is 0 Å². The Kier molecular flexibility index (Phi) is 3.87. The van der Waals surface area contributed by atoms with Gasteiger partial charge in [0, 0.05) is 24.7 Å². The third-order valence-electron chi connectivity index (χ3n) is 3.66. The van der Waals surface area contributed by atoms with E-state index in [-0.39, 0.29) is 5.84 Å². The normalized spacial score (nSPS) is 25.6. The van der Waals surface area contributed by atoms with Gasteiger partial charge in [0.25, 0.3) is 0 Å². The van der Waals surface area contributed by atoms with Gasteiger partial charge in [-0.2, -0.15) is 0 Å². The number of amidine groups is 1. The summed E-state index contributed by atoms with van der Waals surface area (Å²) in [7, 11) is 0. The van der Waals surface area contributed by atoms with Gasteiger partial charge in [0.05, 0.1) is 0 Å². The molecule has 1 fully saturated rings. The van der Waals surface area contributed by atoms with Gasteiger partial charge in [0.15, 0.2) is 5.84 Å². The Hall–Kier alpha value is -1.55. The van der Waals surface area contributed by atoms with E-state index in [1.54, 1.807) is 0 Å². The number of likely N-dealkylation sites (tertiary alicyclic amines) is 1. The standard InChI is InChI=1S/C14H21N3O/c1-10-7-11(2)17(8-10)9-12-3-5-13(6-4-12)14(15)16-18/h3-6,10-11,18H,7-9H2,1-2H3,(H2,15,16). The molecule has 0 amide bonds. The Balaban J connectivity index is 2.02. The number of nitrogens with two attached hydrogens (primary N) is 1. The van der Waals surface area contributed by atoms with E-state index in [9.17, 15) is 0 Å². The van der Waals surface area contributed by atoms with E-state index in [0.717, 1.165) is 18.0 Å². The summed E-state index contributed by atoms with van der Waals surface area (Å²) >= 11 is 0. The summed E-state index contributed by atoms with van der Waals surface area (Å²) in [5, 5.41) is 11.6. The van der Waals surface area contributed by atoms with Crippen molar-refractivity contribution < 1.29 is 5.21 Å². The highest BCUT2D eigenvalue weighted by Crippen LogP contribution is 2.24. The first-order valence-electron chi connectivity index (χ1n) is 6.41. The summed E-state index contributed by atoms with van der Waals surface area (Å²) < 4.78 is 0. The van der Waals surface area contributed by atoms with Gasteiger partial charge >= 0.3 is 0 Å². The van der Waals surface area contributed by atoms with Crippen LogP contribution in [-0.2, 0) is 6.54 Å². The molecule has 0 bridgehead atoms. The summed E-state index contributed by atoms with van der Waals surface area (Å²) in [6.45, 7) is 6.73. The van der Waals surface area contributed by atoms with Crippen molar-refractivity contribution in [3.8, 4) is 0 Å². The summed E-state index contributed by atoms with van der Waals surface area (Å²) in [4.78, 5) is 2.50. The average Bonchev–Trinajstić information content (AvgIpc) is 2.68. The fraction of sp³-hybridized carbons (Fsp3) is 0.500. The third kappa shape index (κ3) is 2.82. The second kappa shape index (κ2) is 5.40. The van der Waals surface area contributed by atoms with Gasteiger partial charge in [-0.1, -0.05) is 36.3 Å². The van der Waals surface area contributed by atoms with Gasteiger partial charge in [-0.15, -0.1) is 0 Å². The van der Waals surface area contributed by atoms with Crippen molar-refractivity contribution in [3.05, 3.63) is 35.4 Å². The molecule has 4 nitrogen and oxygen atoms in total. The van der Waals surface area contributed by atoms with Crippen molar-refractivity contribution in [2.24, 2.45) is 16.8 Å². The zero-order valence-electron chi connectivity index (χ0n) is 11.0. The van der Waals surface area contributed by atoms with Gasteiger partial charge in [0.1, 0.15) is 0 Å². The predicted octanol–water partition coefficient (Wildman–Crippen LogP) is 2.01. The molecule has 0 aromatic heterocycles. The number of oxime groups is 1. The first kappa shape index (κ1) is 12.9. The first-order chi connectivity index (χ1) is 8.60. The monoisotopic (exact) mass is 247 g/mol. The Bertz CT molecular complexity index is 427. The molecule has 1 saturated heterocycles. The molecule has 1 aromatic carbocycles. The van der Waals surface area contributed by atoms with Crippen molar-refractivity contribution in [1.82, 2.24) is 4.90 Å². The van der Waals surface area contributed by atoms with Crippen LogP contribution in [0.25, 0.3) is 0 Å². The highest BCUT2D eigenvalue weighted by atomic mass is 16.4. The third-order valence-corrected chi connectivity index (χ3v) is 3.66. The van der Waals surface area contributed by atoms with Gasteiger partial charge in [0.2, 0.25) is 0 Å². The van der Waals surface area contributed by atoms with Crippen LogP contribution in [0, 0.1) is 5.92 Å². The Morgan fingerprint density at radius 2 is 2.06 bits per heavy atom. The minimum Gasteiger partial charge on any atom is -0.409 e. The topological polar surface area (TPSA) is 61.8 Å². The van der Waals surface area contributed by atoms with E-state index in [1.165, 1.54) is 18.5 Å². The van der Waals surface area contributed by atoms with Crippen molar-refractivity contribution in [3.63, 3.8) is 0 Å². The maximum Gasteiger partial charge on any atom is 0.170 e. The molecule has 2 atom stereocenters. The molecule has 0 radical (unpaired) electrons. The maximum atomic E-state index is 8.61. The maximum absolute atomic E-state index is 8.61. The van der Waals surface area contributed by atoms with Gasteiger partial charge in [-0.05, 0) is 24.8 Å². The molecule has 98 valence electrons. The SMILES string of the molecule is CC1CC(C)N(Cc2ccc(/C(N)=N/O)cc2)C1. The minimum absolute atomic E-state index is 0.157. The fourth-order valence-electron chi connectivity index (χ4n) is 2.68. The lowest BCUT2D eigenvalue weighted by Crippen LogP contribution is -2.26. The lowest BCUT2D eigenvalue weighted by molar-refractivity contribution is 0.256. The molecule has 18 heavy (non-hydrogen) atoms. The molecule has 2 rings (SSSR count). The van der Waals surface area contributed by atoms with Gasteiger partial charge in [-0.25, -0.2) is 0 Å². The first-order valence-corrected chi connectivity index (χ1v) is 6.41. The van der Waals surface area contributed by atoms with Crippen molar-refractivity contribution in [1.29, 1.82) is 0 Å². The lowest BCUT2D eigenvalue weighted by atomic mass is 10.1. The van der Waals surface area contributed by atoms with E-state index in [2.05, 4.69) is 23.9 Å². The minimum atomic E-state index is 0.157. The summed E-state index contributed by atoms with van der Waals surface area (Å²) in [5.41, 5.74) is 7.56. The Morgan fingerprint density at radius 3 is 2.56 bits per heavy atom. The Morgan fingerprint density at radius 1 is 1.39 bits per heavy atom. The molecule has 0 saturated carbocycles. The molecule has 0 aliphatic carbocycles. The van der Waals surface area contributed by atoms with Crippen molar-refractivity contribution in [2.75, 3.05) is 6.54 Å². The van der Waals surface area contributed by atoms with Crippen LogP contribution in [-0.4, -0.2) is 28.5 Å². The largest absolute Gasteiger partial charge is 0.409 e. The number of benzene rings is 1. The molecule has 1 aromatic rings. The molecule has 2 unspecified atom stereocenters. The van der Waals surface area contributed by atoms with Gasteiger partial charge < -0.3 is 10.9 Å². The number of rotatable bonds is 3. The second-order valence-corrected chi connectivity index (χ2v) is 5.30. The zero-order valence-corrected chi connectivity index (χ0v) is 11.0. The molecule has 1 heterocycles. The van der Waals surface area contributed by atoms with E-state index in [4.69, 9.17) is 10.9 Å². The van der Waals surface area contributed by atoms with E-state index in [0.29, 0.717) is 6.04 Å². The van der Waals surface area contributed by atoms with Crippen LogP contribution in [0.5, 0.6) is 0 Å². The number of nitrogens with zero attached hydrogens (tertiary/aromatic N) is 2. The van der Waals surface area contributed by atoms with Crippen molar-refractivity contribution in [2.45, 2.75) is 32.9 Å². The number of hydrogen-bond acceptors (Lipinski definition) is 3. The van der Waals surface area contributed by atoms with Crippen LogP contribution >= 0.6 is 0 Å². The summed E-state index contributed by atoms with van der Waals surface area (Å²) in [6.07, 6.45) is 1.28. The molecule has 1 aliphatic heterocycles. The number of hydrogen-bond donors (Lipinski definition) is 2. The quantitative estimate of drug-likeness (QED) is 0.372. The molecule has 3 N–H and O–H groups in total. The van der Waals surface area contributed by atoms with Crippen LogP contribution < -0.4 is 5.73 Å². The molecular weight excluding hydrogens is 226 g/mol. The van der Waals surface area contributed by atoms with Crippen LogP contribution in [0.15, 0.2) is 29.4 Å². The molecule has 0 spiro atoms. The van der Waals surface area contributed by atoms with Crippen LogP contribution in [0.2, 0.25) is 0 Å². The second-order valence-electron chi connectivity index (χ2n) is 5.30. The zero-order chi connectivity index (χ0) is 13.1. The van der Waals surface area contributed by atoms with Crippen LogP contribution in [0.3, 0.4) is 0 Å². The fourth-order valence-corrected chi connectivity index (χ4v) is 2.68. The van der Waals surface area contributed by atoms with Crippen LogP contribution in [0.4, 0.5) is 0 Å². The van der Waals surface area contributed by atoms with Gasteiger partial charge in [-0.3, -0.25) is 4.90 Å². The predicted molar refractivity (Wildman–Crippen MR) is 72.6 cm³/mol. The molecule has 1 aliphatic rings. The average molecular weight is 247 g/mol. The molecule has 4 heteroatoms. The Labute approximate surface area is 108 Å².